The van der Waals surface area contributed by atoms with E-state index >= 15 is 0 Å². The van der Waals surface area contributed by atoms with E-state index in [0.29, 0.717) is 0 Å². The van der Waals surface area contributed by atoms with Gasteiger partial charge in [0.25, 0.3) is 0 Å². The molecule has 0 radical (unpaired) electrons. The second kappa shape index (κ2) is 6.54. The minimum Gasteiger partial charge on any atom is -0.369 e. The summed E-state index contributed by atoms with van der Waals surface area (Å²) in [7, 11) is 0. The first-order chi connectivity index (χ1) is 5.27. The molecule has 11 heavy (non-hydrogen) atoms. The Morgan fingerprint density at radius 3 is 2.64 bits per heavy atom. The Morgan fingerprint density at radius 1 is 1.82 bits per heavy atom. The smallest absolute Gasteiger partial charge is 0.221 e. The molecule has 0 aliphatic carbocycles. The van der Waals surface area contributed by atoms with E-state index in [1.165, 1.54) is 6.08 Å². The fourth-order valence-corrected chi connectivity index (χ4v) is 0.357. The quantitative estimate of drug-likeness (QED) is 0.606. The highest BCUT2D eigenvalue weighted by atomic mass is 16.1. The van der Waals surface area contributed by atoms with E-state index in [0.717, 1.165) is 0 Å². The van der Waals surface area contributed by atoms with Crippen LogP contribution in [0.5, 0.6) is 0 Å². The van der Waals surface area contributed by atoms with E-state index < -0.39 is 0 Å². The van der Waals surface area contributed by atoms with Gasteiger partial charge in [-0.2, -0.15) is 0 Å². The van der Waals surface area contributed by atoms with Crippen LogP contribution in [0.25, 0.3) is 0 Å². The van der Waals surface area contributed by atoms with Gasteiger partial charge in [0.2, 0.25) is 5.91 Å². The highest BCUT2D eigenvalue weighted by molar-refractivity contribution is 5.75. The molecule has 0 aliphatic rings. The van der Waals surface area contributed by atoms with Gasteiger partial charge in [0.15, 0.2) is 0 Å². The molecule has 0 aliphatic heterocycles. The zero-order valence-corrected chi connectivity index (χ0v) is 6.16. The lowest BCUT2D eigenvalue weighted by Crippen LogP contribution is -2.07. The average Bonchev–Trinajstić information content (AvgIpc) is 2.41. The Morgan fingerprint density at radius 2 is 2.55 bits per heavy atom. The zero-order chi connectivity index (χ0) is 8.53. The average molecular weight is 153 g/mol. The number of carbonyl (C=O) groups is 1. The third-order valence-corrected chi connectivity index (χ3v) is 0.751. The number of amides is 1. The van der Waals surface area contributed by atoms with Crippen molar-refractivity contribution in [1.29, 1.82) is 0 Å². The molecule has 0 unspecified atom stereocenters. The molecule has 1 rings (SSSR count). The van der Waals surface area contributed by atoms with Crippen molar-refractivity contribution in [1.82, 2.24) is 9.97 Å². The first kappa shape index (κ1) is 9.42. The van der Waals surface area contributed by atoms with Gasteiger partial charge in [-0.15, -0.1) is 6.58 Å². The van der Waals surface area contributed by atoms with Crippen molar-refractivity contribution in [3.63, 3.8) is 0 Å². The first-order valence-electron chi connectivity index (χ1n) is 3.09. The number of aromatic amines is 1. The van der Waals surface area contributed by atoms with Gasteiger partial charge in [0, 0.05) is 18.8 Å². The molecule has 4 heteroatoms. The number of nitrogens with one attached hydrogen (secondary N) is 1. The first-order valence-corrected chi connectivity index (χ1v) is 3.09. The van der Waals surface area contributed by atoms with Gasteiger partial charge in [-0.25, -0.2) is 4.98 Å². The lowest BCUT2D eigenvalue weighted by Gasteiger charge is -1.76. The number of hydrogen-bond donors (Lipinski definition) is 2. The lowest BCUT2D eigenvalue weighted by molar-refractivity contribution is -0.117. The predicted octanol–water partition coefficient (Wildman–Crippen LogP) is 0.457. The molecule has 1 aromatic rings. The Balaban J connectivity index is 0.000000183. The topological polar surface area (TPSA) is 71.8 Å². The number of rotatable bonds is 2. The van der Waals surface area contributed by atoms with Crippen LogP contribution in [0.3, 0.4) is 0 Å². The maximum Gasteiger partial charge on any atom is 0.221 e. The van der Waals surface area contributed by atoms with Gasteiger partial charge < -0.3 is 10.7 Å². The number of H-pyrrole nitrogens is 1. The molecule has 0 spiro atoms. The van der Waals surface area contributed by atoms with Gasteiger partial charge in [0.1, 0.15) is 0 Å². The largest absolute Gasteiger partial charge is 0.369 e. The van der Waals surface area contributed by atoms with Crippen LogP contribution in [-0.2, 0) is 4.79 Å². The fourth-order valence-electron chi connectivity index (χ4n) is 0.357. The van der Waals surface area contributed by atoms with Gasteiger partial charge in [-0.3, -0.25) is 4.79 Å². The fraction of sp³-hybridized carbons (Fsp3) is 0.143. The standard InChI is InChI=1S/C4H7NO.C3H4N2/c1-2-3-4(5)6;1-2-5-3-4-1/h2H,1,3H2,(H2,5,6);1-3H,(H,4,5). The normalized spacial score (nSPS) is 7.64. The van der Waals surface area contributed by atoms with E-state index in [1.54, 1.807) is 18.7 Å². The second-order valence-corrected chi connectivity index (χ2v) is 1.72. The number of primary amides is 1. The van der Waals surface area contributed by atoms with Crippen LogP contribution >= 0.6 is 0 Å². The molecule has 0 saturated heterocycles. The molecule has 0 atom stereocenters. The Kier molecular flexibility index (Phi) is 5.60. The summed E-state index contributed by atoms with van der Waals surface area (Å²) in [5, 5.41) is 0. The monoisotopic (exact) mass is 153 g/mol. The SMILES string of the molecule is C=CCC(N)=O.c1c[nH]cn1. The summed E-state index contributed by atoms with van der Waals surface area (Å²) < 4.78 is 0. The molecule has 1 amide bonds. The molecular weight excluding hydrogens is 142 g/mol. The molecule has 1 heterocycles. The molecular formula is C7H11N3O. The maximum atomic E-state index is 9.75. The summed E-state index contributed by atoms with van der Waals surface area (Å²) in [5.74, 6) is -0.329. The van der Waals surface area contributed by atoms with Crippen molar-refractivity contribution in [3.8, 4) is 0 Å². The van der Waals surface area contributed by atoms with Crippen molar-refractivity contribution in [2.45, 2.75) is 6.42 Å². The molecule has 0 bridgehead atoms. The maximum absolute atomic E-state index is 9.75. The van der Waals surface area contributed by atoms with Crippen LogP contribution < -0.4 is 5.73 Å². The summed E-state index contributed by atoms with van der Waals surface area (Å²) in [6, 6.07) is 0. The van der Waals surface area contributed by atoms with Crippen LogP contribution in [0.4, 0.5) is 0 Å². The summed E-state index contributed by atoms with van der Waals surface area (Å²) >= 11 is 0. The molecule has 4 nitrogen and oxygen atoms in total. The number of nitrogens with zero attached hydrogens (tertiary/aromatic N) is 1. The van der Waals surface area contributed by atoms with E-state index in [1.807, 2.05) is 0 Å². The minimum atomic E-state index is -0.329. The van der Waals surface area contributed by atoms with Crippen molar-refractivity contribution < 1.29 is 4.79 Å². The summed E-state index contributed by atoms with van der Waals surface area (Å²) in [4.78, 5) is 16.2. The van der Waals surface area contributed by atoms with Crippen molar-refractivity contribution in [2.75, 3.05) is 0 Å². The van der Waals surface area contributed by atoms with Gasteiger partial charge in [0.05, 0.1) is 6.33 Å². The van der Waals surface area contributed by atoms with E-state index in [-0.39, 0.29) is 12.3 Å². The number of nitrogens with two attached hydrogens (primary N) is 1. The van der Waals surface area contributed by atoms with Crippen molar-refractivity contribution in [3.05, 3.63) is 31.4 Å². The Labute approximate surface area is 65.1 Å². The molecule has 60 valence electrons. The van der Waals surface area contributed by atoms with Crippen molar-refractivity contribution in [2.24, 2.45) is 5.73 Å². The number of hydrogen-bond acceptors (Lipinski definition) is 2. The van der Waals surface area contributed by atoms with Crippen LogP contribution in [0, 0.1) is 0 Å². The van der Waals surface area contributed by atoms with Gasteiger partial charge in [-0.05, 0) is 0 Å². The lowest BCUT2D eigenvalue weighted by atomic mass is 10.4. The highest BCUT2D eigenvalue weighted by Crippen LogP contribution is 1.71. The zero-order valence-electron chi connectivity index (χ0n) is 6.16. The Hall–Kier alpha value is -1.58. The highest BCUT2D eigenvalue weighted by Gasteiger charge is 1.80. The molecule has 0 saturated carbocycles. The van der Waals surface area contributed by atoms with Crippen LogP contribution in [-0.4, -0.2) is 15.9 Å². The summed E-state index contributed by atoms with van der Waals surface area (Å²) in [6.07, 6.45) is 6.84. The second-order valence-electron chi connectivity index (χ2n) is 1.72. The minimum absolute atomic E-state index is 0.278. The van der Waals surface area contributed by atoms with Crippen LogP contribution in [0.1, 0.15) is 6.42 Å². The number of imidazole rings is 1. The summed E-state index contributed by atoms with van der Waals surface area (Å²) in [5.41, 5.74) is 4.69. The van der Waals surface area contributed by atoms with Gasteiger partial charge >= 0.3 is 0 Å². The molecule has 1 aromatic heterocycles. The van der Waals surface area contributed by atoms with E-state index in [9.17, 15) is 4.79 Å². The molecule has 3 N–H and O–H groups in total. The Bertz CT molecular complexity index is 176. The van der Waals surface area contributed by atoms with E-state index in [2.05, 4.69) is 16.5 Å². The van der Waals surface area contributed by atoms with Crippen LogP contribution in [0.15, 0.2) is 31.4 Å². The summed E-state index contributed by atoms with van der Waals surface area (Å²) in [6.45, 7) is 3.30. The van der Waals surface area contributed by atoms with Crippen molar-refractivity contribution >= 4 is 5.91 Å². The number of aromatic nitrogens is 2. The van der Waals surface area contributed by atoms with Gasteiger partial charge in [-0.1, -0.05) is 6.08 Å². The number of carbonyl (C=O) groups excluding carboxylic acids is 1. The molecule has 0 fully saturated rings. The third-order valence-electron chi connectivity index (χ3n) is 0.751. The van der Waals surface area contributed by atoms with E-state index in [4.69, 9.17) is 5.73 Å². The van der Waals surface area contributed by atoms with Crippen LogP contribution in [0.2, 0.25) is 0 Å². The third kappa shape index (κ3) is 8.42. The molecule has 0 aromatic carbocycles. The predicted molar refractivity (Wildman–Crippen MR) is 42.6 cm³/mol.